The summed E-state index contributed by atoms with van der Waals surface area (Å²) in [6, 6.07) is 21.2. The first-order valence-electron chi connectivity index (χ1n) is 16.5. The van der Waals surface area contributed by atoms with Crippen LogP contribution in [0.25, 0.3) is 0 Å². The van der Waals surface area contributed by atoms with Crippen LogP contribution in [0.5, 0.6) is 0 Å². The van der Waals surface area contributed by atoms with Crippen LogP contribution in [0, 0.1) is 11.8 Å². The molecule has 10 fully saturated rings. The van der Waals surface area contributed by atoms with Crippen molar-refractivity contribution < 1.29 is 16.0 Å². The van der Waals surface area contributed by atoms with Crippen molar-refractivity contribution in [2.45, 2.75) is 111 Å². The number of hydrogen-bond acceptors (Lipinski definition) is 3. The van der Waals surface area contributed by atoms with Gasteiger partial charge < -0.3 is 0 Å². The van der Waals surface area contributed by atoms with Crippen molar-refractivity contribution >= 4 is 17.7 Å². The summed E-state index contributed by atoms with van der Waals surface area (Å²) in [5.41, 5.74) is 4.21. The maximum absolute atomic E-state index is 12.4. The molecule has 0 saturated carbocycles. The monoisotopic (exact) mass is 606 g/mol. The number of fused-ring (bicyclic) bond motifs is 10. The van der Waals surface area contributed by atoms with Crippen molar-refractivity contribution in [1.29, 1.82) is 0 Å². The second-order valence-corrected chi connectivity index (χ2v) is 42.2. The van der Waals surface area contributed by atoms with Crippen LogP contribution in [0.3, 0.4) is 0 Å². The number of methoxy groups -OCH3 is 1. The third kappa shape index (κ3) is 0.698. The average molecular weight is 607 g/mol. The molecule has 41 heavy (non-hydrogen) atoms. The molecule has 10 aliphatic heterocycles. The predicted octanol–water partition coefficient (Wildman–Crippen LogP) is 10.1. The standard InChI is InChI=1S/C32H37O2S.C5H5.Fe/c1-3-4-5-6-7-8-9-11-16-27-21-23-30(24-22-27)32(29-19-14-15-20-29,28-17-12-10-13-18-28)35-26-25-31(33)34-2;1-2-4-5-3-1;/h10,12-15,17-24H,3-9,25-26H2,1-2H3;1-5H;. The number of unbranched alkanes of at least 4 members (excludes halogenated alkanes) is 6. The molecule has 0 aromatic heterocycles. The summed E-state index contributed by atoms with van der Waals surface area (Å²) in [6.45, 7) is -1.29. The fourth-order valence-corrected chi connectivity index (χ4v) is 99.6. The van der Waals surface area contributed by atoms with Crippen LogP contribution >= 0.6 is 11.8 Å². The summed E-state index contributed by atoms with van der Waals surface area (Å²) in [7, 11) is 1.54. The van der Waals surface area contributed by atoms with E-state index in [0.29, 0.717) is 10.7 Å². The van der Waals surface area contributed by atoms with E-state index in [1.807, 2.05) is 0 Å². The molecule has 0 radical (unpaired) electrons. The molecule has 10 heterocycles. The van der Waals surface area contributed by atoms with Crippen molar-refractivity contribution in [1.82, 2.24) is 0 Å². The normalized spacial score (nSPS) is 57.3. The number of carbonyl (C=O) groups is 1. The van der Waals surface area contributed by atoms with Gasteiger partial charge in [0, 0.05) is 0 Å². The number of benzene rings is 2. The molecule has 216 valence electrons. The van der Waals surface area contributed by atoms with Gasteiger partial charge >= 0.3 is 214 Å². The molecule has 10 aliphatic rings. The zero-order chi connectivity index (χ0) is 27.4. The molecule has 4 heteroatoms. The van der Waals surface area contributed by atoms with Gasteiger partial charge in [-0.2, -0.15) is 0 Å². The number of hydrogen-bond donors (Lipinski definition) is 0. The summed E-state index contributed by atoms with van der Waals surface area (Å²) in [5.74, 6) is 7.76. The van der Waals surface area contributed by atoms with Gasteiger partial charge in [0.1, 0.15) is 0 Å². The van der Waals surface area contributed by atoms with Crippen LogP contribution in [-0.2, 0) is 20.8 Å². The molecule has 1 spiro atoms. The second-order valence-electron chi connectivity index (χ2n) is 17.3. The topological polar surface area (TPSA) is 26.3 Å². The molecule has 0 bridgehead atoms. The molecule has 12 rings (SSSR count). The molecule has 5 unspecified atom stereocenters. The number of rotatable bonds is 13. The van der Waals surface area contributed by atoms with E-state index < -0.39 is 6.51 Å². The van der Waals surface area contributed by atoms with E-state index >= 15 is 0 Å². The SMILES string of the molecule is CCCCCCCCC#Cc1ccc(C(SCCC(=O)OC)(c2ccccc2)[C]23[CH]4[CH]5[CH]6[CH]2[Fe]56432789[CH]3[CH]2[CH]7[CH]8[CH]39)cc1. The molecule has 2 aromatic carbocycles. The van der Waals surface area contributed by atoms with Crippen LogP contribution in [0.15, 0.2) is 54.6 Å². The fraction of sp³-hybridized carbons (Fsp3) is 0.595. The van der Waals surface area contributed by atoms with Gasteiger partial charge in [-0.15, -0.1) is 0 Å². The Hall–Kier alpha value is -1.66. The molecule has 2 nitrogen and oxygen atoms in total. The average Bonchev–Trinajstić information content (AvgIpc) is 3.95. The molecule has 5 atom stereocenters. The van der Waals surface area contributed by atoms with E-state index in [1.165, 1.54) is 90.5 Å². The Labute approximate surface area is 239 Å². The molecule has 0 aliphatic carbocycles. The van der Waals surface area contributed by atoms with Crippen molar-refractivity contribution in [2.75, 3.05) is 12.9 Å². The van der Waals surface area contributed by atoms with E-state index in [4.69, 9.17) is 4.74 Å². The summed E-state index contributed by atoms with van der Waals surface area (Å²) >= 11 is 2.16. The van der Waals surface area contributed by atoms with Gasteiger partial charge in [0.15, 0.2) is 0 Å². The van der Waals surface area contributed by atoms with Crippen LogP contribution in [-0.4, -0.2) is 18.8 Å². The Balaban J connectivity index is 0.939. The molecule has 0 amide bonds. The number of ether oxygens (including phenoxy) is 1. The maximum atomic E-state index is 12.4. The van der Waals surface area contributed by atoms with Crippen LogP contribution < -0.4 is 0 Å². The first-order valence-corrected chi connectivity index (χ1v) is 23.7. The quantitative estimate of drug-likeness (QED) is 0.0983. The Bertz CT molecular complexity index is 1890. The van der Waals surface area contributed by atoms with Gasteiger partial charge in [-0.3, -0.25) is 0 Å². The summed E-state index contributed by atoms with van der Waals surface area (Å²) in [4.78, 5) is 23.5. The number of esters is 1. The van der Waals surface area contributed by atoms with Crippen molar-refractivity contribution in [2.24, 2.45) is 0 Å². The van der Waals surface area contributed by atoms with E-state index in [1.54, 1.807) is 0 Å². The van der Waals surface area contributed by atoms with Gasteiger partial charge in [0.25, 0.3) is 0 Å². The third-order valence-corrected chi connectivity index (χ3v) is 64.7. The van der Waals surface area contributed by atoms with Gasteiger partial charge in [0.2, 0.25) is 0 Å². The van der Waals surface area contributed by atoms with Crippen LogP contribution in [0.2, 0.25) is 47.7 Å². The molecule has 0 N–H and O–H groups in total. The zero-order valence-corrected chi connectivity index (χ0v) is 26.3. The van der Waals surface area contributed by atoms with E-state index in [0.717, 1.165) is 27.4 Å². The van der Waals surface area contributed by atoms with Crippen LogP contribution in [0.1, 0.15) is 75.0 Å². The van der Waals surface area contributed by atoms with E-state index in [2.05, 4.69) is 85.1 Å². The fourth-order valence-electron chi connectivity index (χ4n) is 21.1. The van der Waals surface area contributed by atoms with Crippen molar-refractivity contribution in [3.05, 3.63) is 71.3 Å². The third-order valence-electron chi connectivity index (χ3n) is 20.4. The predicted molar refractivity (Wildman–Crippen MR) is 164 cm³/mol. The Morgan fingerprint density at radius 3 is 2.02 bits per heavy atom. The zero-order valence-electron chi connectivity index (χ0n) is 24.3. The molecular weight excluding hydrogens is 564 g/mol. The van der Waals surface area contributed by atoms with E-state index in [-0.39, 0.29) is 10.7 Å². The van der Waals surface area contributed by atoms with Gasteiger partial charge in [-0.05, 0) is 0 Å². The second kappa shape index (κ2) is 3.95. The minimum absolute atomic E-state index is 0.00170. The molecule has 10 saturated heterocycles. The van der Waals surface area contributed by atoms with E-state index in [9.17, 15) is 4.79 Å². The van der Waals surface area contributed by atoms with Gasteiger partial charge in [-0.1, -0.05) is 26.2 Å². The Morgan fingerprint density at radius 2 is 1.46 bits per heavy atom. The first kappa shape index (κ1) is 22.8. The summed E-state index contributed by atoms with van der Waals surface area (Å²) in [6.07, 6.45) is 9.43. The Morgan fingerprint density at radius 1 is 0.854 bits per heavy atom. The van der Waals surface area contributed by atoms with Crippen molar-refractivity contribution in [3.63, 3.8) is 0 Å². The number of thioether (sulfide) groups is 1. The summed E-state index contributed by atoms with van der Waals surface area (Å²) in [5, 5.41) is 0. The van der Waals surface area contributed by atoms with Crippen LogP contribution in [0.4, 0.5) is 0 Å². The minimum atomic E-state index is -3.56. The van der Waals surface area contributed by atoms with Gasteiger partial charge in [-0.25, -0.2) is 0 Å². The van der Waals surface area contributed by atoms with Gasteiger partial charge in [0.05, 0.1) is 0 Å². The first-order chi connectivity index (χ1) is 19.9. The molecule has 2 aromatic rings. The Kier molecular flexibility index (Phi) is 2.20. The number of carbonyl (C=O) groups excluding carboxylic acids is 1. The summed E-state index contributed by atoms with van der Waals surface area (Å²) < 4.78 is 5.74. The molecular formula is C37H42FeO2S. The van der Waals surface area contributed by atoms with Crippen molar-refractivity contribution in [3.8, 4) is 11.8 Å².